The lowest BCUT2D eigenvalue weighted by atomic mass is 9.99. The lowest BCUT2D eigenvalue weighted by Gasteiger charge is -2.24. The molecule has 0 radical (unpaired) electrons. The van der Waals surface area contributed by atoms with E-state index in [0.717, 1.165) is 13.1 Å². The molecule has 7 nitrogen and oxygen atoms in total. The number of aromatic nitrogens is 2. The first kappa shape index (κ1) is 22.6. The highest BCUT2D eigenvalue weighted by Gasteiger charge is 2.37. The fourth-order valence-electron chi connectivity index (χ4n) is 2.60. The molecule has 1 unspecified atom stereocenters. The summed E-state index contributed by atoms with van der Waals surface area (Å²) in [5.74, 6) is 0. The number of hydrogen-bond donors (Lipinski definition) is 0. The molecule has 2 rings (SSSR count). The van der Waals surface area contributed by atoms with Gasteiger partial charge < -0.3 is 9.57 Å². The van der Waals surface area contributed by atoms with Gasteiger partial charge in [-0.2, -0.15) is 13.2 Å². The van der Waals surface area contributed by atoms with Crippen LogP contribution >= 0.6 is 11.6 Å². The van der Waals surface area contributed by atoms with Crippen LogP contribution in [-0.4, -0.2) is 41.3 Å². The molecule has 1 atom stereocenters. The lowest BCUT2D eigenvalue weighted by molar-refractivity contribution is -0.144. The van der Waals surface area contributed by atoms with E-state index in [2.05, 4.69) is 16.6 Å². The Morgan fingerprint density at radius 3 is 2.59 bits per heavy atom. The molecule has 0 bridgehead atoms. The van der Waals surface area contributed by atoms with Crippen LogP contribution in [0.1, 0.15) is 5.69 Å². The number of oxime groups is 1. The van der Waals surface area contributed by atoms with Gasteiger partial charge in [-0.15, -0.1) is 6.58 Å². The summed E-state index contributed by atoms with van der Waals surface area (Å²) < 4.78 is 59.9. The van der Waals surface area contributed by atoms with Crippen LogP contribution in [0.15, 0.2) is 50.1 Å². The van der Waals surface area contributed by atoms with E-state index in [0.29, 0.717) is 0 Å². The smallest absolute Gasteiger partial charge is 0.399 e. The molecule has 1 aromatic heterocycles. The van der Waals surface area contributed by atoms with Gasteiger partial charge in [0.25, 0.3) is 5.56 Å². The van der Waals surface area contributed by atoms with Gasteiger partial charge in [0.15, 0.2) is 6.17 Å². The van der Waals surface area contributed by atoms with Crippen LogP contribution in [0.25, 0.3) is 5.70 Å². The lowest BCUT2D eigenvalue weighted by Crippen LogP contribution is -2.43. The third-order valence-electron chi connectivity index (χ3n) is 3.91. The quantitative estimate of drug-likeness (QED) is 0.296. The summed E-state index contributed by atoms with van der Waals surface area (Å²) in [4.78, 5) is 29.4. The Hall–Kier alpha value is -2.66. The molecule has 0 aromatic carbocycles. The maximum Gasteiger partial charge on any atom is 0.431 e. The van der Waals surface area contributed by atoms with Crippen molar-refractivity contribution in [2.45, 2.75) is 12.3 Å². The predicted molar refractivity (Wildman–Crippen MR) is 98.5 cm³/mol. The molecule has 1 aromatic rings. The summed E-state index contributed by atoms with van der Waals surface area (Å²) in [6.07, 6.45) is -4.71. The number of halogens is 5. The second-order valence-corrected chi connectivity index (χ2v) is 6.15. The van der Waals surface area contributed by atoms with Gasteiger partial charge in [0.05, 0.1) is 23.9 Å². The number of hydrogen-bond acceptors (Lipinski definition) is 5. The van der Waals surface area contributed by atoms with Crippen molar-refractivity contribution in [3.05, 3.63) is 61.9 Å². The molecule has 0 N–H and O–H groups in total. The monoisotopic (exact) mass is 437 g/mol. The van der Waals surface area contributed by atoms with E-state index in [4.69, 9.17) is 16.3 Å². The molecule has 0 aliphatic heterocycles. The molecule has 12 heteroatoms. The van der Waals surface area contributed by atoms with Crippen molar-refractivity contribution in [3.63, 3.8) is 0 Å². The molecule has 0 spiro atoms. The Morgan fingerprint density at radius 1 is 1.38 bits per heavy atom. The number of allylic oxidation sites excluding steroid dienone is 3. The van der Waals surface area contributed by atoms with Crippen molar-refractivity contribution in [2.75, 3.05) is 20.3 Å². The molecule has 29 heavy (non-hydrogen) atoms. The van der Waals surface area contributed by atoms with Crippen LogP contribution in [0.2, 0.25) is 0 Å². The Labute approximate surface area is 166 Å². The second-order valence-electron chi connectivity index (χ2n) is 5.78. The fraction of sp³-hybridized carbons (Fsp3) is 0.353. The first-order chi connectivity index (χ1) is 13.5. The van der Waals surface area contributed by atoms with Gasteiger partial charge in [-0.3, -0.25) is 9.36 Å². The third-order valence-corrected chi connectivity index (χ3v) is 4.35. The summed E-state index contributed by atoms with van der Waals surface area (Å²) in [5, 5.41) is 3.42. The maximum atomic E-state index is 15.2. The molecule has 0 saturated heterocycles. The van der Waals surface area contributed by atoms with E-state index in [1.165, 1.54) is 13.2 Å². The molecule has 0 amide bonds. The van der Waals surface area contributed by atoms with Gasteiger partial charge in [0.2, 0.25) is 0 Å². The van der Waals surface area contributed by atoms with Crippen molar-refractivity contribution >= 4 is 23.0 Å². The highest BCUT2D eigenvalue weighted by molar-refractivity contribution is 6.46. The number of rotatable bonds is 6. The van der Waals surface area contributed by atoms with Crippen LogP contribution in [0.4, 0.5) is 17.6 Å². The van der Waals surface area contributed by atoms with E-state index in [9.17, 15) is 22.8 Å². The van der Waals surface area contributed by atoms with Gasteiger partial charge in [-0.05, 0) is 6.08 Å². The maximum absolute atomic E-state index is 15.2. The molecular formula is C17H16ClF4N3O4. The SMILES string of the molecule is C=CCOCC1=C(Cl)/C(=N/OC)C=C(n2c(=O)cc(C(F)(F)F)n(C)c2=O)C1F. The molecule has 158 valence electrons. The largest absolute Gasteiger partial charge is 0.431 e. The Morgan fingerprint density at radius 2 is 2.03 bits per heavy atom. The van der Waals surface area contributed by atoms with Crippen LogP contribution in [0.3, 0.4) is 0 Å². The van der Waals surface area contributed by atoms with Crippen molar-refractivity contribution in [1.29, 1.82) is 0 Å². The first-order valence-corrected chi connectivity index (χ1v) is 8.37. The van der Waals surface area contributed by atoms with Gasteiger partial charge in [-0.1, -0.05) is 22.8 Å². The minimum Gasteiger partial charge on any atom is -0.399 e. The molecule has 1 aliphatic rings. The number of ether oxygens (including phenoxy) is 1. The molecule has 0 saturated carbocycles. The summed E-state index contributed by atoms with van der Waals surface area (Å²) in [7, 11) is 2.00. The number of alkyl halides is 4. The van der Waals surface area contributed by atoms with E-state index in [-0.39, 0.29) is 44.7 Å². The first-order valence-electron chi connectivity index (χ1n) is 7.99. The normalized spacial score (nSPS) is 18.8. The summed E-state index contributed by atoms with van der Waals surface area (Å²) in [6, 6.07) is 0.204. The third kappa shape index (κ3) is 4.51. The topological polar surface area (TPSA) is 74.8 Å². The van der Waals surface area contributed by atoms with Crippen LogP contribution < -0.4 is 11.2 Å². The fourth-order valence-corrected chi connectivity index (χ4v) is 2.84. The minimum absolute atomic E-state index is 0.0538. The standard InChI is InChI=1S/C17H16ClF4N3O4/c1-4-5-29-8-9-14(18)10(23-28-3)6-11(15(9)19)25-13(26)7-12(17(20,21)22)24(2)16(25)27/h4,6-7,15H,1,5,8H2,2-3H3/b23-10+. The Kier molecular flexibility index (Phi) is 6.85. The highest BCUT2D eigenvalue weighted by Crippen LogP contribution is 2.31. The molecule has 0 fully saturated rings. The zero-order valence-electron chi connectivity index (χ0n) is 15.3. The average molecular weight is 438 g/mol. The van der Waals surface area contributed by atoms with Crippen molar-refractivity contribution in [3.8, 4) is 0 Å². The predicted octanol–water partition coefficient (Wildman–Crippen LogP) is 2.46. The van der Waals surface area contributed by atoms with E-state index in [1.54, 1.807) is 0 Å². The van der Waals surface area contributed by atoms with Crippen molar-refractivity contribution in [1.82, 2.24) is 9.13 Å². The van der Waals surface area contributed by atoms with Gasteiger partial charge >= 0.3 is 11.9 Å². The van der Waals surface area contributed by atoms with Gasteiger partial charge in [-0.25, -0.2) is 13.8 Å². The zero-order chi connectivity index (χ0) is 21.9. The van der Waals surface area contributed by atoms with Crippen LogP contribution in [0, 0.1) is 0 Å². The molecule has 1 heterocycles. The minimum atomic E-state index is -4.95. The molecular weight excluding hydrogens is 422 g/mol. The second kappa shape index (κ2) is 8.78. The average Bonchev–Trinajstić information content (AvgIpc) is 2.64. The van der Waals surface area contributed by atoms with Crippen LogP contribution in [-0.2, 0) is 22.8 Å². The Balaban J connectivity index is 2.68. The van der Waals surface area contributed by atoms with Crippen molar-refractivity contribution in [2.24, 2.45) is 12.2 Å². The summed E-state index contributed by atoms with van der Waals surface area (Å²) in [6.45, 7) is 3.15. The number of nitrogens with zero attached hydrogens (tertiary/aromatic N) is 3. The van der Waals surface area contributed by atoms with Gasteiger partial charge in [0.1, 0.15) is 18.5 Å². The highest BCUT2D eigenvalue weighted by atomic mass is 35.5. The van der Waals surface area contributed by atoms with Crippen molar-refractivity contribution < 1.29 is 27.1 Å². The summed E-state index contributed by atoms with van der Waals surface area (Å²) >= 11 is 6.11. The van der Waals surface area contributed by atoms with Gasteiger partial charge in [0, 0.05) is 18.7 Å². The van der Waals surface area contributed by atoms with Crippen LogP contribution in [0.5, 0.6) is 0 Å². The summed E-state index contributed by atoms with van der Waals surface area (Å²) in [5.41, 5.74) is -5.11. The van der Waals surface area contributed by atoms with E-state index >= 15 is 4.39 Å². The molecule has 1 aliphatic carbocycles. The zero-order valence-corrected chi connectivity index (χ0v) is 16.1. The Bertz CT molecular complexity index is 1020. The van der Waals surface area contributed by atoms with E-state index in [1.807, 2.05) is 0 Å². The van der Waals surface area contributed by atoms with E-state index < -0.39 is 35.0 Å².